The largest absolute Gasteiger partial charge is 0.396 e. The van der Waals surface area contributed by atoms with Gasteiger partial charge in [-0.05, 0) is 38.6 Å². The van der Waals surface area contributed by atoms with Crippen molar-refractivity contribution in [3.8, 4) is 0 Å². The number of amides is 1. The lowest BCUT2D eigenvalue weighted by Gasteiger charge is -2.27. The van der Waals surface area contributed by atoms with Gasteiger partial charge in [0.1, 0.15) is 0 Å². The molecule has 0 bridgehead atoms. The van der Waals surface area contributed by atoms with E-state index in [1.54, 1.807) is 0 Å². The van der Waals surface area contributed by atoms with Crippen LogP contribution >= 0.6 is 0 Å². The van der Waals surface area contributed by atoms with Crippen molar-refractivity contribution in [2.24, 2.45) is 11.8 Å². The standard InChI is InChI=1S/C12H24N2O2/c1-9(4-6-15)8-14-12(16)11-3-5-13-10(2)7-11/h9-11,13,15H,3-8H2,1-2H3,(H,14,16). The Kier molecular flexibility index (Phi) is 5.77. The summed E-state index contributed by atoms with van der Waals surface area (Å²) >= 11 is 0. The van der Waals surface area contributed by atoms with Gasteiger partial charge in [-0.3, -0.25) is 4.79 Å². The van der Waals surface area contributed by atoms with Gasteiger partial charge in [0.25, 0.3) is 0 Å². The zero-order valence-electron chi connectivity index (χ0n) is 10.3. The topological polar surface area (TPSA) is 61.4 Å². The van der Waals surface area contributed by atoms with E-state index in [9.17, 15) is 4.79 Å². The molecule has 1 aliphatic heterocycles. The summed E-state index contributed by atoms with van der Waals surface area (Å²) in [4.78, 5) is 11.9. The van der Waals surface area contributed by atoms with Crippen LogP contribution in [0.2, 0.25) is 0 Å². The summed E-state index contributed by atoms with van der Waals surface area (Å²) in [6.07, 6.45) is 2.62. The molecule has 1 heterocycles. The van der Waals surface area contributed by atoms with Crippen molar-refractivity contribution in [3.63, 3.8) is 0 Å². The molecule has 4 heteroatoms. The number of carbonyl (C=O) groups excluding carboxylic acids is 1. The molecule has 0 aromatic heterocycles. The summed E-state index contributed by atoms with van der Waals surface area (Å²) < 4.78 is 0. The molecule has 3 atom stereocenters. The average molecular weight is 228 g/mol. The predicted molar refractivity (Wildman–Crippen MR) is 64.1 cm³/mol. The SMILES string of the molecule is CC(CCO)CNC(=O)C1CCNC(C)C1. The third-order valence-electron chi connectivity index (χ3n) is 3.24. The van der Waals surface area contributed by atoms with Crippen molar-refractivity contribution >= 4 is 5.91 Å². The van der Waals surface area contributed by atoms with Crippen molar-refractivity contribution in [1.29, 1.82) is 0 Å². The molecule has 1 rings (SSSR count). The molecule has 1 fully saturated rings. The van der Waals surface area contributed by atoms with Gasteiger partial charge >= 0.3 is 0 Å². The molecule has 0 spiro atoms. The van der Waals surface area contributed by atoms with E-state index >= 15 is 0 Å². The Bertz CT molecular complexity index is 221. The van der Waals surface area contributed by atoms with E-state index in [1.165, 1.54) is 0 Å². The van der Waals surface area contributed by atoms with Gasteiger partial charge in [0.2, 0.25) is 5.91 Å². The maximum atomic E-state index is 11.9. The van der Waals surface area contributed by atoms with Crippen LogP contribution in [0.4, 0.5) is 0 Å². The quantitative estimate of drug-likeness (QED) is 0.642. The Morgan fingerprint density at radius 3 is 3.00 bits per heavy atom. The number of hydrogen-bond acceptors (Lipinski definition) is 3. The maximum absolute atomic E-state index is 11.9. The van der Waals surface area contributed by atoms with E-state index in [-0.39, 0.29) is 18.4 Å². The molecule has 4 nitrogen and oxygen atoms in total. The molecule has 94 valence electrons. The Morgan fingerprint density at radius 1 is 1.62 bits per heavy atom. The maximum Gasteiger partial charge on any atom is 0.223 e. The number of rotatable bonds is 5. The predicted octanol–water partition coefficient (Wildman–Crippen LogP) is 0.509. The van der Waals surface area contributed by atoms with E-state index in [0.717, 1.165) is 25.8 Å². The normalized spacial score (nSPS) is 27.4. The fraction of sp³-hybridized carbons (Fsp3) is 0.917. The van der Waals surface area contributed by atoms with E-state index in [0.29, 0.717) is 18.5 Å². The van der Waals surface area contributed by atoms with Crippen LogP contribution in [0.3, 0.4) is 0 Å². The van der Waals surface area contributed by atoms with Gasteiger partial charge in [-0.15, -0.1) is 0 Å². The molecule has 0 aromatic carbocycles. The minimum Gasteiger partial charge on any atom is -0.396 e. The average Bonchev–Trinajstić information content (AvgIpc) is 2.26. The van der Waals surface area contributed by atoms with E-state index in [1.807, 2.05) is 6.92 Å². The molecule has 0 aliphatic carbocycles. The molecule has 3 N–H and O–H groups in total. The Balaban J connectivity index is 2.23. The van der Waals surface area contributed by atoms with Crippen LogP contribution in [0.5, 0.6) is 0 Å². The van der Waals surface area contributed by atoms with Crippen molar-refractivity contribution in [2.45, 2.75) is 39.2 Å². The summed E-state index contributed by atoms with van der Waals surface area (Å²) in [5, 5.41) is 15.1. The first-order valence-electron chi connectivity index (χ1n) is 6.25. The lowest BCUT2D eigenvalue weighted by Crippen LogP contribution is -2.43. The molecular formula is C12H24N2O2. The third kappa shape index (κ3) is 4.49. The summed E-state index contributed by atoms with van der Waals surface area (Å²) in [7, 11) is 0. The second-order valence-corrected chi connectivity index (χ2v) is 4.94. The zero-order chi connectivity index (χ0) is 12.0. The fourth-order valence-corrected chi connectivity index (χ4v) is 2.11. The van der Waals surface area contributed by atoms with Crippen LogP contribution in [0.25, 0.3) is 0 Å². The minimum atomic E-state index is 0.164. The molecule has 0 saturated carbocycles. The molecule has 0 aromatic rings. The van der Waals surface area contributed by atoms with E-state index in [4.69, 9.17) is 5.11 Å². The zero-order valence-corrected chi connectivity index (χ0v) is 10.3. The lowest BCUT2D eigenvalue weighted by atomic mass is 9.92. The molecular weight excluding hydrogens is 204 g/mol. The van der Waals surface area contributed by atoms with Crippen molar-refractivity contribution in [3.05, 3.63) is 0 Å². The lowest BCUT2D eigenvalue weighted by molar-refractivity contribution is -0.126. The van der Waals surface area contributed by atoms with Gasteiger partial charge in [-0.1, -0.05) is 6.92 Å². The van der Waals surface area contributed by atoms with Crippen LogP contribution in [-0.2, 0) is 4.79 Å². The highest BCUT2D eigenvalue weighted by atomic mass is 16.3. The van der Waals surface area contributed by atoms with Gasteiger partial charge in [0, 0.05) is 25.1 Å². The highest BCUT2D eigenvalue weighted by molar-refractivity contribution is 5.78. The van der Waals surface area contributed by atoms with Crippen LogP contribution in [-0.4, -0.2) is 36.8 Å². The first-order valence-corrected chi connectivity index (χ1v) is 6.25. The van der Waals surface area contributed by atoms with Crippen molar-refractivity contribution in [2.75, 3.05) is 19.7 Å². The molecule has 1 aliphatic rings. The van der Waals surface area contributed by atoms with Crippen LogP contribution < -0.4 is 10.6 Å². The highest BCUT2D eigenvalue weighted by Gasteiger charge is 2.24. The van der Waals surface area contributed by atoms with Crippen molar-refractivity contribution in [1.82, 2.24) is 10.6 Å². The van der Waals surface area contributed by atoms with E-state index in [2.05, 4.69) is 17.6 Å². The van der Waals surface area contributed by atoms with Gasteiger partial charge in [0.15, 0.2) is 0 Å². The number of carbonyl (C=O) groups is 1. The van der Waals surface area contributed by atoms with Crippen LogP contribution in [0.1, 0.15) is 33.1 Å². The molecule has 1 saturated heterocycles. The summed E-state index contributed by atoms with van der Waals surface area (Å²) in [5.74, 6) is 0.698. The fourth-order valence-electron chi connectivity index (χ4n) is 2.11. The van der Waals surface area contributed by atoms with Gasteiger partial charge in [-0.25, -0.2) is 0 Å². The van der Waals surface area contributed by atoms with Crippen LogP contribution in [0, 0.1) is 11.8 Å². The second-order valence-electron chi connectivity index (χ2n) is 4.94. The molecule has 0 radical (unpaired) electrons. The summed E-state index contributed by atoms with van der Waals surface area (Å²) in [6.45, 7) is 5.97. The monoisotopic (exact) mass is 228 g/mol. The highest BCUT2D eigenvalue weighted by Crippen LogP contribution is 2.16. The number of piperidine rings is 1. The van der Waals surface area contributed by atoms with Crippen molar-refractivity contribution < 1.29 is 9.90 Å². The minimum absolute atomic E-state index is 0.164. The summed E-state index contributed by atoms with van der Waals surface area (Å²) in [6, 6.07) is 0.444. The van der Waals surface area contributed by atoms with Gasteiger partial charge in [0.05, 0.1) is 0 Å². The Hall–Kier alpha value is -0.610. The second kappa shape index (κ2) is 6.86. The Labute approximate surface area is 97.8 Å². The molecule has 1 amide bonds. The smallest absolute Gasteiger partial charge is 0.223 e. The van der Waals surface area contributed by atoms with E-state index < -0.39 is 0 Å². The number of aliphatic hydroxyl groups is 1. The first kappa shape index (κ1) is 13.5. The summed E-state index contributed by atoms with van der Waals surface area (Å²) in [5.41, 5.74) is 0. The van der Waals surface area contributed by atoms with Crippen LogP contribution in [0.15, 0.2) is 0 Å². The number of hydrogen-bond donors (Lipinski definition) is 3. The Morgan fingerprint density at radius 2 is 2.38 bits per heavy atom. The van der Waals surface area contributed by atoms with Gasteiger partial charge in [-0.2, -0.15) is 0 Å². The molecule has 3 unspecified atom stereocenters. The third-order valence-corrected chi connectivity index (χ3v) is 3.24. The van der Waals surface area contributed by atoms with Gasteiger partial charge < -0.3 is 15.7 Å². The first-order chi connectivity index (χ1) is 7.63. The molecule has 16 heavy (non-hydrogen) atoms. The number of nitrogens with one attached hydrogen (secondary N) is 2. The number of aliphatic hydroxyl groups excluding tert-OH is 1.